The average Bonchev–Trinajstić information content (AvgIpc) is 2.36. The summed E-state index contributed by atoms with van der Waals surface area (Å²) in [5.74, 6) is -0.124. The highest BCUT2D eigenvalue weighted by molar-refractivity contribution is 5.92. The second kappa shape index (κ2) is 6.85. The van der Waals surface area contributed by atoms with Crippen molar-refractivity contribution in [2.75, 3.05) is 32.1 Å². The lowest BCUT2D eigenvalue weighted by Gasteiger charge is -2.16. The molecule has 5 heteroatoms. The quantitative estimate of drug-likeness (QED) is 0.773. The molecule has 0 aromatic carbocycles. The predicted octanol–water partition coefficient (Wildman–Crippen LogP) is 0.968. The van der Waals surface area contributed by atoms with Crippen LogP contribution in [0.2, 0.25) is 0 Å². The standard InChI is InChI=1S/C12H19N3O2/c1-3-13-10-5-6-11(14-9-10)12(17)15(2)7-4-8-16/h5-6,9,13,16H,3-4,7-8H2,1-2H3. The van der Waals surface area contributed by atoms with Crippen LogP contribution in [0.4, 0.5) is 5.69 Å². The molecule has 0 unspecified atom stereocenters. The monoisotopic (exact) mass is 237 g/mol. The number of aliphatic hydroxyl groups is 1. The van der Waals surface area contributed by atoms with Gasteiger partial charge in [-0.25, -0.2) is 4.98 Å². The molecule has 1 amide bonds. The Kier molecular flexibility index (Phi) is 5.42. The normalized spacial score (nSPS) is 10.1. The van der Waals surface area contributed by atoms with Gasteiger partial charge in [-0.05, 0) is 25.5 Å². The van der Waals surface area contributed by atoms with Gasteiger partial charge in [0.15, 0.2) is 0 Å². The smallest absolute Gasteiger partial charge is 0.272 e. The molecule has 0 saturated heterocycles. The van der Waals surface area contributed by atoms with Crippen LogP contribution in [0.1, 0.15) is 23.8 Å². The van der Waals surface area contributed by atoms with E-state index in [4.69, 9.17) is 5.11 Å². The number of carbonyl (C=O) groups excluding carboxylic acids is 1. The summed E-state index contributed by atoms with van der Waals surface area (Å²) in [5.41, 5.74) is 1.33. The van der Waals surface area contributed by atoms with Crippen LogP contribution < -0.4 is 5.32 Å². The zero-order valence-electron chi connectivity index (χ0n) is 10.3. The number of hydrogen-bond acceptors (Lipinski definition) is 4. The van der Waals surface area contributed by atoms with Crippen LogP contribution in [0.5, 0.6) is 0 Å². The molecule has 17 heavy (non-hydrogen) atoms. The van der Waals surface area contributed by atoms with Crippen LogP contribution in [0.3, 0.4) is 0 Å². The van der Waals surface area contributed by atoms with Crippen molar-refractivity contribution in [2.45, 2.75) is 13.3 Å². The third kappa shape index (κ3) is 4.03. The topological polar surface area (TPSA) is 65.5 Å². The molecule has 1 aromatic rings. The lowest BCUT2D eigenvalue weighted by molar-refractivity contribution is 0.0780. The van der Waals surface area contributed by atoms with Gasteiger partial charge in [0.1, 0.15) is 5.69 Å². The molecule has 0 aliphatic rings. The maximum absolute atomic E-state index is 11.9. The van der Waals surface area contributed by atoms with Gasteiger partial charge in [-0.3, -0.25) is 4.79 Å². The molecular formula is C12H19N3O2. The van der Waals surface area contributed by atoms with E-state index in [0.29, 0.717) is 18.7 Å². The number of hydrogen-bond donors (Lipinski definition) is 2. The van der Waals surface area contributed by atoms with Crippen LogP contribution in [0.15, 0.2) is 18.3 Å². The van der Waals surface area contributed by atoms with E-state index in [1.807, 2.05) is 13.0 Å². The fraction of sp³-hybridized carbons (Fsp3) is 0.500. The third-order valence-electron chi connectivity index (χ3n) is 2.36. The molecule has 0 radical (unpaired) electrons. The van der Waals surface area contributed by atoms with Crippen molar-refractivity contribution in [3.05, 3.63) is 24.0 Å². The minimum absolute atomic E-state index is 0.0877. The van der Waals surface area contributed by atoms with Crippen LogP contribution >= 0.6 is 0 Å². The van der Waals surface area contributed by atoms with Crippen molar-refractivity contribution in [3.63, 3.8) is 0 Å². The Labute approximate surface area is 101 Å². The highest BCUT2D eigenvalue weighted by Crippen LogP contribution is 2.07. The second-order valence-corrected chi connectivity index (χ2v) is 3.77. The van der Waals surface area contributed by atoms with Crippen LogP contribution in [0.25, 0.3) is 0 Å². The van der Waals surface area contributed by atoms with Crippen LogP contribution in [0, 0.1) is 0 Å². The van der Waals surface area contributed by atoms with Crippen LogP contribution in [-0.4, -0.2) is 47.6 Å². The minimum atomic E-state index is -0.124. The van der Waals surface area contributed by atoms with Gasteiger partial charge in [-0.1, -0.05) is 0 Å². The number of amides is 1. The Morgan fingerprint density at radius 2 is 2.29 bits per heavy atom. The first-order valence-electron chi connectivity index (χ1n) is 5.75. The molecule has 0 atom stereocenters. The maximum Gasteiger partial charge on any atom is 0.272 e. The number of pyridine rings is 1. The number of carbonyl (C=O) groups is 1. The van der Waals surface area contributed by atoms with Crippen molar-refractivity contribution < 1.29 is 9.90 Å². The summed E-state index contributed by atoms with van der Waals surface area (Å²) in [5, 5.41) is 11.8. The molecular weight excluding hydrogens is 218 g/mol. The zero-order valence-corrected chi connectivity index (χ0v) is 10.3. The third-order valence-corrected chi connectivity index (χ3v) is 2.36. The predicted molar refractivity (Wildman–Crippen MR) is 67.1 cm³/mol. The first kappa shape index (κ1) is 13.4. The molecule has 0 spiro atoms. The summed E-state index contributed by atoms with van der Waals surface area (Å²) in [6.45, 7) is 3.45. The summed E-state index contributed by atoms with van der Waals surface area (Å²) < 4.78 is 0. The fourth-order valence-electron chi connectivity index (χ4n) is 1.43. The molecule has 0 aliphatic heterocycles. The zero-order chi connectivity index (χ0) is 12.7. The molecule has 2 N–H and O–H groups in total. The summed E-state index contributed by atoms with van der Waals surface area (Å²) >= 11 is 0. The Morgan fingerprint density at radius 1 is 1.53 bits per heavy atom. The molecule has 1 heterocycles. The van der Waals surface area contributed by atoms with Gasteiger partial charge in [-0.15, -0.1) is 0 Å². The van der Waals surface area contributed by atoms with Crippen LogP contribution in [-0.2, 0) is 0 Å². The fourth-order valence-corrected chi connectivity index (χ4v) is 1.43. The van der Waals surface area contributed by atoms with E-state index in [1.54, 1.807) is 24.2 Å². The highest BCUT2D eigenvalue weighted by Gasteiger charge is 2.12. The van der Waals surface area contributed by atoms with Gasteiger partial charge in [0.25, 0.3) is 5.91 Å². The van der Waals surface area contributed by atoms with Crippen molar-refractivity contribution in [2.24, 2.45) is 0 Å². The second-order valence-electron chi connectivity index (χ2n) is 3.77. The van der Waals surface area contributed by atoms with Gasteiger partial charge in [0.05, 0.1) is 11.9 Å². The summed E-state index contributed by atoms with van der Waals surface area (Å²) in [7, 11) is 1.71. The molecule has 94 valence electrons. The Balaban J connectivity index is 2.62. The van der Waals surface area contributed by atoms with Gasteiger partial charge >= 0.3 is 0 Å². The van der Waals surface area contributed by atoms with E-state index in [2.05, 4.69) is 10.3 Å². The molecule has 1 rings (SSSR count). The van der Waals surface area contributed by atoms with E-state index >= 15 is 0 Å². The number of nitrogens with one attached hydrogen (secondary N) is 1. The Bertz CT molecular complexity index is 351. The van der Waals surface area contributed by atoms with E-state index in [9.17, 15) is 4.79 Å². The number of anilines is 1. The number of rotatable bonds is 6. The number of nitrogens with zero attached hydrogens (tertiary/aromatic N) is 2. The summed E-state index contributed by atoms with van der Waals surface area (Å²) in [6, 6.07) is 3.54. The van der Waals surface area contributed by atoms with E-state index in [1.165, 1.54) is 0 Å². The minimum Gasteiger partial charge on any atom is -0.396 e. The molecule has 0 bridgehead atoms. The lowest BCUT2D eigenvalue weighted by atomic mass is 10.3. The number of aromatic nitrogens is 1. The lowest BCUT2D eigenvalue weighted by Crippen LogP contribution is -2.28. The molecule has 0 fully saturated rings. The summed E-state index contributed by atoms with van der Waals surface area (Å²) in [6.07, 6.45) is 2.23. The highest BCUT2D eigenvalue weighted by atomic mass is 16.3. The van der Waals surface area contributed by atoms with Gasteiger partial charge in [0.2, 0.25) is 0 Å². The summed E-state index contributed by atoms with van der Waals surface area (Å²) in [4.78, 5) is 17.6. The van der Waals surface area contributed by atoms with Crippen molar-refractivity contribution >= 4 is 11.6 Å². The molecule has 1 aromatic heterocycles. The van der Waals surface area contributed by atoms with Gasteiger partial charge < -0.3 is 15.3 Å². The largest absolute Gasteiger partial charge is 0.396 e. The SMILES string of the molecule is CCNc1ccc(C(=O)N(C)CCCO)nc1. The maximum atomic E-state index is 11.9. The van der Waals surface area contributed by atoms with Crippen molar-refractivity contribution in [1.29, 1.82) is 0 Å². The number of aliphatic hydroxyl groups excluding tert-OH is 1. The first-order chi connectivity index (χ1) is 8.19. The Morgan fingerprint density at radius 3 is 2.82 bits per heavy atom. The molecule has 0 saturated carbocycles. The Hall–Kier alpha value is -1.62. The van der Waals surface area contributed by atoms with E-state index < -0.39 is 0 Å². The van der Waals surface area contributed by atoms with E-state index in [-0.39, 0.29) is 12.5 Å². The first-order valence-corrected chi connectivity index (χ1v) is 5.75. The van der Waals surface area contributed by atoms with E-state index in [0.717, 1.165) is 12.2 Å². The van der Waals surface area contributed by atoms with Crippen molar-refractivity contribution in [1.82, 2.24) is 9.88 Å². The molecule has 0 aliphatic carbocycles. The van der Waals surface area contributed by atoms with Gasteiger partial charge in [-0.2, -0.15) is 0 Å². The van der Waals surface area contributed by atoms with Gasteiger partial charge in [0, 0.05) is 26.7 Å². The molecule has 5 nitrogen and oxygen atoms in total. The average molecular weight is 237 g/mol. The van der Waals surface area contributed by atoms with Crippen molar-refractivity contribution in [3.8, 4) is 0 Å².